The maximum Gasteiger partial charge on any atom is 0.0645 e. The quantitative estimate of drug-likeness (QED) is 0.761. The second-order valence-corrected chi connectivity index (χ2v) is 6.02. The van der Waals surface area contributed by atoms with E-state index >= 15 is 0 Å². The van der Waals surface area contributed by atoms with Gasteiger partial charge in [0.05, 0.1) is 17.9 Å². The third-order valence-corrected chi connectivity index (χ3v) is 4.20. The van der Waals surface area contributed by atoms with Gasteiger partial charge in [0, 0.05) is 31.2 Å². The summed E-state index contributed by atoms with van der Waals surface area (Å²) in [4.78, 5) is 0. The Hall–Kier alpha value is -2.40. The SMILES string of the molecule is Cc1cnn(C(C)C(C)NCc2ccc(-n3cccn3)cc2)c1. The first-order chi connectivity index (χ1) is 11.1. The molecule has 0 saturated heterocycles. The van der Waals surface area contributed by atoms with E-state index in [4.69, 9.17) is 0 Å². The minimum absolute atomic E-state index is 0.312. The first-order valence-corrected chi connectivity index (χ1v) is 7.96. The van der Waals surface area contributed by atoms with E-state index in [-0.39, 0.29) is 0 Å². The number of rotatable bonds is 6. The molecule has 2 unspecified atom stereocenters. The van der Waals surface area contributed by atoms with Gasteiger partial charge in [0.2, 0.25) is 0 Å². The molecule has 5 nitrogen and oxygen atoms in total. The Morgan fingerprint density at radius 1 is 1.13 bits per heavy atom. The number of aromatic nitrogens is 4. The van der Waals surface area contributed by atoms with Crippen LogP contribution in [0.1, 0.15) is 31.0 Å². The molecule has 0 spiro atoms. The molecule has 0 radical (unpaired) electrons. The van der Waals surface area contributed by atoms with E-state index in [1.54, 1.807) is 6.20 Å². The minimum Gasteiger partial charge on any atom is -0.308 e. The van der Waals surface area contributed by atoms with E-state index in [1.807, 2.05) is 27.8 Å². The van der Waals surface area contributed by atoms with Crippen molar-refractivity contribution in [1.29, 1.82) is 0 Å². The van der Waals surface area contributed by atoms with E-state index in [1.165, 1.54) is 11.1 Å². The van der Waals surface area contributed by atoms with Crippen LogP contribution in [0.2, 0.25) is 0 Å². The van der Waals surface area contributed by atoms with Crippen LogP contribution in [0.25, 0.3) is 5.69 Å². The topological polar surface area (TPSA) is 47.7 Å². The summed E-state index contributed by atoms with van der Waals surface area (Å²) in [7, 11) is 0. The standard InChI is InChI=1S/C18H23N5/c1-14-11-21-23(13-14)16(3)15(2)19-12-17-5-7-18(8-6-17)22-10-4-9-20-22/h4-11,13,15-16,19H,12H2,1-3H3. The molecule has 0 saturated carbocycles. The maximum atomic E-state index is 4.40. The fourth-order valence-corrected chi connectivity index (χ4v) is 2.52. The largest absolute Gasteiger partial charge is 0.308 e. The van der Waals surface area contributed by atoms with Gasteiger partial charge in [-0.2, -0.15) is 10.2 Å². The number of nitrogens with one attached hydrogen (secondary N) is 1. The molecule has 2 aromatic heterocycles. The van der Waals surface area contributed by atoms with E-state index in [0.29, 0.717) is 12.1 Å². The lowest BCUT2D eigenvalue weighted by molar-refractivity contribution is 0.365. The van der Waals surface area contributed by atoms with E-state index in [0.717, 1.165) is 12.2 Å². The van der Waals surface area contributed by atoms with Crippen molar-refractivity contribution >= 4 is 0 Å². The number of nitrogens with zero attached hydrogens (tertiary/aromatic N) is 4. The van der Waals surface area contributed by atoms with Crippen LogP contribution in [0, 0.1) is 6.92 Å². The number of hydrogen-bond donors (Lipinski definition) is 1. The van der Waals surface area contributed by atoms with Crippen LogP contribution < -0.4 is 5.32 Å². The molecule has 3 aromatic rings. The van der Waals surface area contributed by atoms with Gasteiger partial charge in [-0.05, 0) is 50.1 Å². The molecule has 120 valence electrons. The molecule has 1 N–H and O–H groups in total. The highest BCUT2D eigenvalue weighted by molar-refractivity contribution is 5.33. The molecule has 0 bridgehead atoms. The second kappa shape index (κ2) is 6.79. The van der Waals surface area contributed by atoms with Gasteiger partial charge in [0.25, 0.3) is 0 Å². The molecule has 2 heterocycles. The Labute approximate surface area is 136 Å². The van der Waals surface area contributed by atoms with Crippen molar-refractivity contribution in [2.45, 2.75) is 39.4 Å². The highest BCUT2D eigenvalue weighted by Gasteiger charge is 2.14. The van der Waals surface area contributed by atoms with Crippen molar-refractivity contribution < 1.29 is 0 Å². The van der Waals surface area contributed by atoms with Crippen LogP contribution in [-0.2, 0) is 6.54 Å². The first kappa shape index (κ1) is 15.5. The normalized spacial score (nSPS) is 13.9. The molecule has 1 aromatic carbocycles. The summed E-state index contributed by atoms with van der Waals surface area (Å²) in [5.41, 5.74) is 3.53. The molecule has 5 heteroatoms. The van der Waals surface area contributed by atoms with Crippen molar-refractivity contribution in [2.24, 2.45) is 0 Å². The zero-order valence-corrected chi connectivity index (χ0v) is 13.8. The molecule has 3 rings (SSSR count). The maximum absolute atomic E-state index is 4.40. The third kappa shape index (κ3) is 3.68. The Balaban J connectivity index is 1.57. The predicted molar refractivity (Wildman–Crippen MR) is 91.5 cm³/mol. The summed E-state index contributed by atoms with van der Waals surface area (Å²) in [5.74, 6) is 0. The minimum atomic E-state index is 0.312. The average Bonchev–Trinajstić information content (AvgIpc) is 3.24. The zero-order valence-electron chi connectivity index (χ0n) is 13.8. The van der Waals surface area contributed by atoms with Gasteiger partial charge in [0.1, 0.15) is 0 Å². The molecule has 23 heavy (non-hydrogen) atoms. The Morgan fingerprint density at radius 3 is 2.52 bits per heavy atom. The monoisotopic (exact) mass is 309 g/mol. The van der Waals surface area contributed by atoms with Gasteiger partial charge in [0.15, 0.2) is 0 Å². The number of hydrogen-bond acceptors (Lipinski definition) is 3. The van der Waals surface area contributed by atoms with Crippen LogP contribution >= 0.6 is 0 Å². The molecule has 0 aliphatic heterocycles. The third-order valence-electron chi connectivity index (χ3n) is 4.20. The van der Waals surface area contributed by atoms with Crippen molar-refractivity contribution in [3.8, 4) is 5.69 Å². The second-order valence-electron chi connectivity index (χ2n) is 6.02. The molecular weight excluding hydrogens is 286 g/mol. The van der Waals surface area contributed by atoms with Gasteiger partial charge in [-0.25, -0.2) is 4.68 Å². The lowest BCUT2D eigenvalue weighted by Gasteiger charge is -2.22. The van der Waals surface area contributed by atoms with E-state index in [9.17, 15) is 0 Å². The van der Waals surface area contributed by atoms with Crippen molar-refractivity contribution in [3.63, 3.8) is 0 Å². The van der Waals surface area contributed by atoms with Crippen LogP contribution in [0.4, 0.5) is 0 Å². The van der Waals surface area contributed by atoms with Crippen molar-refractivity contribution in [3.05, 3.63) is 66.2 Å². The Kier molecular flexibility index (Phi) is 4.57. The number of benzene rings is 1. The first-order valence-electron chi connectivity index (χ1n) is 7.96. The van der Waals surface area contributed by atoms with Gasteiger partial charge in [-0.15, -0.1) is 0 Å². The molecule has 0 fully saturated rings. The molecule has 0 aliphatic carbocycles. The van der Waals surface area contributed by atoms with Crippen molar-refractivity contribution in [1.82, 2.24) is 24.9 Å². The Bertz CT molecular complexity index is 727. The zero-order chi connectivity index (χ0) is 16.2. The van der Waals surface area contributed by atoms with Crippen LogP contribution in [0.5, 0.6) is 0 Å². The van der Waals surface area contributed by atoms with E-state index in [2.05, 4.69) is 66.7 Å². The highest BCUT2D eigenvalue weighted by Crippen LogP contribution is 2.13. The van der Waals surface area contributed by atoms with Gasteiger partial charge >= 0.3 is 0 Å². The van der Waals surface area contributed by atoms with Gasteiger partial charge in [-0.1, -0.05) is 12.1 Å². The molecule has 2 atom stereocenters. The number of aryl methyl sites for hydroxylation is 1. The fraction of sp³-hybridized carbons (Fsp3) is 0.333. The van der Waals surface area contributed by atoms with Crippen LogP contribution in [0.3, 0.4) is 0 Å². The fourth-order valence-electron chi connectivity index (χ4n) is 2.52. The average molecular weight is 309 g/mol. The van der Waals surface area contributed by atoms with Crippen LogP contribution in [-0.4, -0.2) is 25.6 Å². The van der Waals surface area contributed by atoms with Crippen LogP contribution in [0.15, 0.2) is 55.1 Å². The summed E-state index contributed by atoms with van der Waals surface area (Å²) < 4.78 is 3.88. The predicted octanol–water partition coefficient (Wildman–Crippen LogP) is 3.12. The van der Waals surface area contributed by atoms with Gasteiger partial charge in [-0.3, -0.25) is 4.68 Å². The smallest absolute Gasteiger partial charge is 0.0645 e. The lowest BCUT2D eigenvalue weighted by atomic mass is 10.1. The summed E-state index contributed by atoms with van der Waals surface area (Å²) in [6.45, 7) is 7.28. The van der Waals surface area contributed by atoms with Crippen molar-refractivity contribution in [2.75, 3.05) is 0 Å². The van der Waals surface area contributed by atoms with E-state index < -0.39 is 0 Å². The summed E-state index contributed by atoms with van der Waals surface area (Å²) in [5, 5.41) is 12.2. The highest BCUT2D eigenvalue weighted by atomic mass is 15.3. The summed E-state index contributed by atoms with van der Waals surface area (Å²) >= 11 is 0. The molecule has 0 amide bonds. The summed E-state index contributed by atoms with van der Waals surface area (Å²) in [6.07, 6.45) is 7.72. The summed E-state index contributed by atoms with van der Waals surface area (Å²) in [6, 6.07) is 11.0. The van der Waals surface area contributed by atoms with Gasteiger partial charge < -0.3 is 5.32 Å². The molecular formula is C18H23N5. The Morgan fingerprint density at radius 2 is 1.91 bits per heavy atom. The lowest BCUT2D eigenvalue weighted by Crippen LogP contribution is -2.33. The molecule has 0 aliphatic rings.